The van der Waals surface area contributed by atoms with Crippen LogP contribution in [0.5, 0.6) is 5.75 Å². The predicted molar refractivity (Wildman–Crippen MR) is 162 cm³/mol. The third kappa shape index (κ3) is 7.58. The zero-order chi connectivity index (χ0) is 30.8. The Morgan fingerprint density at radius 3 is 2.47 bits per heavy atom. The molecule has 0 bridgehead atoms. The molecule has 3 aromatic carbocycles. The van der Waals surface area contributed by atoms with Gasteiger partial charge in [-0.3, -0.25) is 4.79 Å². The van der Waals surface area contributed by atoms with Crippen LogP contribution in [-0.4, -0.2) is 65.1 Å². The monoisotopic (exact) mass is 627 g/mol. The minimum Gasteiger partial charge on any atom is -0.494 e. The molecule has 0 spiro atoms. The average molecular weight is 629 g/mol. The van der Waals surface area contributed by atoms with E-state index in [4.69, 9.17) is 48.3 Å². The Kier molecular flexibility index (Phi) is 11.2. The zero-order valence-corrected chi connectivity index (χ0v) is 24.6. The summed E-state index contributed by atoms with van der Waals surface area (Å²) in [4.78, 5) is 22.0. The summed E-state index contributed by atoms with van der Waals surface area (Å²) in [7, 11) is 0. The Balaban J connectivity index is 1.87. The van der Waals surface area contributed by atoms with Gasteiger partial charge < -0.3 is 30.1 Å². The number of carbonyl (C=O) groups is 1. The number of hydrogen-bond acceptors (Lipinski definition) is 8. The van der Waals surface area contributed by atoms with E-state index in [1.54, 1.807) is 66.7 Å². The number of carbonyl (C=O) groups excluding carboxylic acids is 1. The van der Waals surface area contributed by atoms with Gasteiger partial charge in [0.25, 0.3) is 5.91 Å². The highest BCUT2D eigenvalue weighted by molar-refractivity contribution is 6.35. The molecule has 226 valence electrons. The number of nitrogens with one attached hydrogen (secondary N) is 1. The number of hydrogen-bond donors (Lipinski definition) is 4. The summed E-state index contributed by atoms with van der Waals surface area (Å²) >= 11 is 12.9. The van der Waals surface area contributed by atoms with E-state index >= 15 is 0 Å². The SMILES string of the molecule is [N-]=[N+]=NCc1ccccc1C[C@@]1(C(=O)NC(CO)CO)N=C(c2ccc(OCCCO)cc2)O[C@@H]1c1ccc(Cl)cc1Cl. The number of aliphatic hydroxyl groups is 3. The predicted octanol–water partition coefficient (Wildman–Crippen LogP) is 4.53. The van der Waals surface area contributed by atoms with E-state index in [0.717, 1.165) is 0 Å². The average Bonchev–Trinajstić information content (AvgIpc) is 3.39. The van der Waals surface area contributed by atoms with Crippen molar-refractivity contribution < 1.29 is 29.6 Å². The fourth-order valence-electron chi connectivity index (χ4n) is 4.72. The number of benzene rings is 3. The quantitative estimate of drug-likeness (QED) is 0.0885. The van der Waals surface area contributed by atoms with Crippen molar-refractivity contribution in [2.45, 2.75) is 37.1 Å². The second kappa shape index (κ2) is 15.1. The van der Waals surface area contributed by atoms with Crippen LogP contribution in [0.15, 0.2) is 76.8 Å². The fraction of sp³-hybridized carbons (Fsp3) is 0.333. The van der Waals surface area contributed by atoms with Crippen molar-refractivity contribution in [3.63, 3.8) is 0 Å². The van der Waals surface area contributed by atoms with Crippen molar-refractivity contribution in [1.29, 1.82) is 0 Å². The Labute approximate surface area is 258 Å². The van der Waals surface area contributed by atoms with Gasteiger partial charge in [0, 0.05) is 45.5 Å². The first-order valence-electron chi connectivity index (χ1n) is 13.5. The molecule has 2 atom stereocenters. The largest absolute Gasteiger partial charge is 0.494 e. The number of amides is 1. The van der Waals surface area contributed by atoms with Crippen molar-refractivity contribution in [2.24, 2.45) is 10.1 Å². The molecular weight excluding hydrogens is 597 g/mol. The maximum absolute atomic E-state index is 14.3. The van der Waals surface area contributed by atoms with Crippen LogP contribution in [-0.2, 0) is 22.5 Å². The van der Waals surface area contributed by atoms with Crippen LogP contribution < -0.4 is 10.1 Å². The number of azide groups is 1. The zero-order valence-electron chi connectivity index (χ0n) is 23.1. The van der Waals surface area contributed by atoms with Gasteiger partial charge in [-0.2, -0.15) is 0 Å². The van der Waals surface area contributed by atoms with Crippen LogP contribution >= 0.6 is 23.2 Å². The molecule has 1 aliphatic heterocycles. The molecule has 11 nitrogen and oxygen atoms in total. The number of aliphatic hydroxyl groups excluding tert-OH is 3. The normalized spacial score (nSPS) is 17.6. The summed E-state index contributed by atoms with van der Waals surface area (Å²) in [6, 6.07) is 18.0. The second-order valence-electron chi connectivity index (χ2n) is 9.82. The van der Waals surface area contributed by atoms with Crippen LogP contribution in [0, 0.1) is 0 Å². The number of nitrogens with zero attached hydrogens (tertiary/aromatic N) is 4. The van der Waals surface area contributed by atoms with Gasteiger partial charge in [-0.15, -0.1) is 0 Å². The smallest absolute Gasteiger partial charge is 0.253 e. The summed E-state index contributed by atoms with van der Waals surface area (Å²) < 4.78 is 12.1. The van der Waals surface area contributed by atoms with Crippen LogP contribution in [0.4, 0.5) is 0 Å². The summed E-state index contributed by atoms with van der Waals surface area (Å²) in [5, 5.41) is 35.6. The fourth-order valence-corrected chi connectivity index (χ4v) is 5.22. The molecule has 3 aromatic rings. The van der Waals surface area contributed by atoms with E-state index < -0.39 is 36.8 Å². The molecule has 0 unspecified atom stereocenters. The van der Waals surface area contributed by atoms with Crippen molar-refractivity contribution in [2.75, 3.05) is 26.4 Å². The molecule has 0 aliphatic carbocycles. The third-order valence-corrected chi connectivity index (χ3v) is 7.50. The minimum atomic E-state index is -1.68. The Bertz CT molecular complexity index is 1490. The van der Waals surface area contributed by atoms with Crippen molar-refractivity contribution >= 4 is 35.0 Å². The van der Waals surface area contributed by atoms with E-state index in [1.807, 2.05) is 0 Å². The van der Waals surface area contributed by atoms with Gasteiger partial charge in [0.2, 0.25) is 5.90 Å². The first kappa shape index (κ1) is 32.1. The second-order valence-corrected chi connectivity index (χ2v) is 10.7. The van der Waals surface area contributed by atoms with Gasteiger partial charge in [-0.1, -0.05) is 58.6 Å². The van der Waals surface area contributed by atoms with E-state index in [-0.39, 0.29) is 30.5 Å². The van der Waals surface area contributed by atoms with Gasteiger partial charge in [-0.05, 0) is 53.1 Å². The first-order chi connectivity index (χ1) is 20.8. The third-order valence-electron chi connectivity index (χ3n) is 6.93. The lowest BCUT2D eigenvalue weighted by atomic mass is 9.80. The molecule has 0 aromatic heterocycles. The molecule has 4 rings (SSSR count). The van der Waals surface area contributed by atoms with Crippen LogP contribution in [0.2, 0.25) is 10.0 Å². The maximum Gasteiger partial charge on any atom is 0.253 e. The van der Waals surface area contributed by atoms with Crippen LogP contribution in [0.3, 0.4) is 0 Å². The van der Waals surface area contributed by atoms with E-state index in [0.29, 0.717) is 46.1 Å². The van der Waals surface area contributed by atoms with Gasteiger partial charge in [0.15, 0.2) is 11.6 Å². The summed E-state index contributed by atoms with van der Waals surface area (Å²) in [6.07, 6.45) is -0.573. The molecular formula is C30H31Cl2N5O6. The highest BCUT2D eigenvalue weighted by Crippen LogP contribution is 2.45. The number of halogens is 2. The van der Waals surface area contributed by atoms with Gasteiger partial charge in [0.1, 0.15) is 5.75 Å². The molecule has 1 heterocycles. The molecule has 1 aliphatic rings. The number of rotatable bonds is 14. The minimum absolute atomic E-state index is 0.00495. The Morgan fingerprint density at radius 2 is 1.81 bits per heavy atom. The van der Waals surface area contributed by atoms with Crippen LogP contribution in [0.1, 0.15) is 34.8 Å². The summed E-state index contributed by atoms with van der Waals surface area (Å²) in [5.41, 5.74) is 9.61. The van der Waals surface area contributed by atoms with E-state index in [9.17, 15) is 15.0 Å². The number of aliphatic imine (C=N–C) groups is 1. The Hall–Kier alpha value is -3.83. The van der Waals surface area contributed by atoms with Gasteiger partial charge >= 0.3 is 0 Å². The number of ether oxygens (including phenoxy) is 2. The molecule has 0 fully saturated rings. The van der Waals surface area contributed by atoms with E-state index in [2.05, 4.69) is 15.3 Å². The van der Waals surface area contributed by atoms with Gasteiger partial charge in [-0.25, -0.2) is 4.99 Å². The van der Waals surface area contributed by atoms with Crippen molar-refractivity contribution in [3.05, 3.63) is 109 Å². The highest BCUT2D eigenvalue weighted by Gasteiger charge is 2.54. The van der Waals surface area contributed by atoms with Crippen LogP contribution in [0.25, 0.3) is 10.4 Å². The lowest BCUT2D eigenvalue weighted by Crippen LogP contribution is -2.54. The molecule has 4 N–H and O–H groups in total. The molecule has 1 amide bonds. The molecule has 0 saturated carbocycles. The molecule has 43 heavy (non-hydrogen) atoms. The van der Waals surface area contributed by atoms with E-state index in [1.165, 1.54) is 0 Å². The first-order valence-corrected chi connectivity index (χ1v) is 14.3. The lowest BCUT2D eigenvalue weighted by molar-refractivity contribution is -0.130. The summed E-state index contributed by atoms with van der Waals surface area (Å²) in [6.45, 7) is -0.608. The Morgan fingerprint density at radius 1 is 1.09 bits per heavy atom. The molecule has 13 heteroatoms. The summed E-state index contributed by atoms with van der Waals surface area (Å²) in [5.74, 6) is 0.122. The van der Waals surface area contributed by atoms with Crippen molar-refractivity contribution in [1.82, 2.24) is 5.32 Å². The van der Waals surface area contributed by atoms with Gasteiger partial charge in [0.05, 0.1) is 32.4 Å². The van der Waals surface area contributed by atoms with Crippen molar-refractivity contribution in [3.8, 4) is 5.75 Å². The molecule has 0 radical (unpaired) electrons. The lowest BCUT2D eigenvalue weighted by Gasteiger charge is -2.33. The topological polar surface area (TPSA) is 169 Å². The maximum atomic E-state index is 14.3. The highest BCUT2D eigenvalue weighted by atomic mass is 35.5. The standard InChI is InChI=1S/C30H31Cl2N5O6/c31-22-8-11-25(26(32)14-22)27-30(29(41)35-23(17-39)18-40,15-20-4-1-2-5-21(20)16-34-37-33)36-28(43-27)19-6-9-24(10-7-19)42-13-3-12-38/h1-2,4-11,14,23,27,38-40H,3,12-13,15-18H2,(H,35,41)/t27-,30-/m1/s1. The molecule has 0 saturated heterocycles.